The Kier molecular flexibility index (Phi) is 3.57. The van der Waals surface area contributed by atoms with Gasteiger partial charge in [-0.25, -0.2) is 4.98 Å². The van der Waals surface area contributed by atoms with E-state index in [1.165, 1.54) is 7.11 Å². The van der Waals surface area contributed by atoms with Crippen molar-refractivity contribution in [1.29, 1.82) is 0 Å². The van der Waals surface area contributed by atoms with Crippen molar-refractivity contribution in [2.24, 2.45) is 0 Å². The molecule has 0 fully saturated rings. The zero-order valence-corrected chi connectivity index (χ0v) is 9.92. The van der Waals surface area contributed by atoms with Gasteiger partial charge in [0.25, 0.3) is 5.91 Å². The normalized spacial score (nSPS) is 10.3. The van der Waals surface area contributed by atoms with Gasteiger partial charge in [-0.3, -0.25) is 9.59 Å². The molecular formula is C12H13N3O3. The number of nitrogens with zero attached hydrogens (tertiary/aromatic N) is 2. The summed E-state index contributed by atoms with van der Waals surface area (Å²) < 4.78 is 6.23. The lowest BCUT2D eigenvalue weighted by atomic mass is 10.4. The summed E-state index contributed by atoms with van der Waals surface area (Å²) in [6, 6.07) is 5.51. The van der Waals surface area contributed by atoms with E-state index in [-0.39, 0.29) is 24.8 Å². The van der Waals surface area contributed by atoms with E-state index >= 15 is 0 Å². The molecule has 0 spiro atoms. The number of aromatic nitrogens is 2. The summed E-state index contributed by atoms with van der Waals surface area (Å²) in [7, 11) is 1.31. The zero-order valence-electron chi connectivity index (χ0n) is 9.92. The largest absolute Gasteiger partial charge is 0.469 e. The van der Waals surface area contributed by atoms with Crippen LogP contribution in [0.4, 0.5) is 0 Å². The van der Waals surface area contributed by atoms with Gasteiger partial charge in [-0.1, -0.05) is 6.07 Å². The van der Waals surface area contributed by atoms with Gasteiger partial charge < -0.3 is 14.5 Å². The number of carbonyl (C=O) groups is 2. The Hall–Kier alpha value is -2.37. The minimum absolute atomic E-state index is 0.148. The van der Waals surface area contributed by atoms with Gasteiger partial charge in [-0.2, -0.15) is 0 Å². The van der Waals surface area contributed by atoms with Crippen LogP contribution < -0.4 is 5.32 Å². The highest BCUT2D eigenvalue weighted by Gasteiger charge is 2.10. The number of pyridine rings is 1. The molecule has 0 aliphatic carbocycles. The molecule has 0 unspecified atom stereocenters. The average molecular weight is 247 g/mol. The smallest absolute Gasteiger partial charge is 0.307 e. The summed E-state index contributed by atoms with van der Waals surface area (Å²) >= 11 is 0. The van der Waals surface area contributed by atoms with E-state index in [0.717, 1.165) is 0 Å². The maximum absolute atomic E-state index is 11.7. The van der Waals surface area contributed by atoms with Crippen LogP contribution in [0.25, 0.3) is 5.65 Å². The van der Waals surface area contributed by atoms with Crippen LogP contribution in [0.2, 0.25) is 0 Å². The Morgan fingerprint density at radius 2 is 2.28 bits per heavy atom. The number of methoxy groups -OCH3 is 1. The maximum Gasteiger partial charge on any atom is 0.307 e. The van der Waals surface area contributed by atoms with Crippen molar-refractivity contribution in [2.45, 2.75) is 6.42 Å². The number of esters is 1. The van der Waals surface area contributed by atoms with Crippen molar-refractivity contribution in [2.75, 3.05) is 13.7 Å². The van der Waals surface area contributed by atoms with Gasteiger partial charge in [0.2, 0.25) is 0 Å². The third-order valence-electron chi connectivity index (χ3n) is 2.44. The van der Waals surface area contributed by atoms with Crippen LogP contribution in [0.1, 0.15) is 16.9 Å². The predicted octanol–water partition coefficient (Wildman–Crippen LogP) is 0.627. The highest BCUT2D eigenvalue weighted by molar-refractivity contribution is 5.93. The van der Waals surface area contributed by atoms with E-state index in [1.807, 2.05) is 24.4 Å². The fourth-order valence-corrected chi connectivity index (χ4v) is 1.51. The molecule has 0 bridgehead atoms. The fourth-order valence-electron chi connectivity index (χ4n) is 1.51. The molecule has 6 nitrogen and oxygen atoms in total. The average Bonchev–Trinajstić information content (AvgIpc) is 2.82. The molecule has 1 N–H and O–H groups in total. The van der Waals surface area contributed by atoms with E-state index in [2.05, 4.69) is 15.0 Å². The summed E-state index contributed by atoms with van der Waals surface area (Å²) in [5.74, 6) is -0.659. The number of rotatable bonds is 4. The minimum atomic E-state index is -0.356. The quantitative estimate of drug-likeness (QED) is 0.804. The molecule has 2 heterocycles. The van der Waals surface area contributed by atoms with Gasteiger partial charge in [0.1, 0.15) is 11.3 Å². The maximum atomic E-state index is 11.7. The number of amides is 1. The number of ether oxygens (including phenoxy) is 1. The first-order valence-electron chi connectivity index (χ1n) is 5.49. The van der Waals surface area contributed by atoms with Gasteiger partial charge in [-0.05, 0) is 12.1 Å². The standard InChI is InChI=1S/C12H13N3O3/c1-18-11(16)5-6-13-12(17)9-8-15-7-3-2-4-10(15)14-9/h2-4,7-8H,5-6H2,1H3,(H,13,17). The monoisotopic (exact) mass is 247 g/mol. The van der Waals surface area contributed by atoms with Crippen LogP contribution in [0.15, 0.2) is 30.6 Å². The topological polar surface area (TPSA) is 72.7 Å². The van der Waals surface area contributed by atoms with Crippen LogP contribution >= 0.6 is 0 Å². The fraction of sp³-hybridized carbons (Fsp3) is 0.250. The molecule has 0 aromatic carbocycles. The van der Waals surface area contributed by atoms with E-state index in [9.17, 15) is 9.59 Å². The van der Waals surface area contributed by atoms with E-state index < -0.39 is 0 Å². The first-order valence-corrected chi connectivity index (χ1v) is 5.49. The highest BCUT2D eigenvalue weighted by atomic mass is 16.5. The van der Waals surface area contributed by atoms with Crippen LogP contribution in [-0.2, 0) is 9.53 Å². The first kappa shape index (κ1) is 12.1. The number of hydrogen-bond acceptors (Lipinski definition) is 4. The van der Waals surface area contributed by atoms with Gasteiger partial charge in [-0.15, -0.1) is 0 Å². The summed E-state index contributed by atoms with van der Waals surface area (Å²) in [6.45, 7) is 0.235. The lowest BCUT2D eigenvalue weighted by molar-refractivity contribution is -0.140. The van der Waals surface area contributed by atoms with Gasteiger partial charge in [0.15, 0.2) is 0 Å². The first-order chi connectivity index (χ1) is 8.70. The molecule has 0 saturated heterocycles. The summed E-state index contributed by atoms with van der Waals surface area (Å²) in [5, 5.41) is 2.61. The second-order valence-corrected chi connectivity index (χ2v) is 3.67. The van der Waals surface area contributed by atoms with Crippen molar-refractivity contribution < 1.29 is 14.3 Å². The van der Waals surface area contributed by atoms with Crippen molar-refractivity contribution in [1.82, 2.24) is 14.7 Å². The minimum Gasteiger partial charge on any atom is -0.469 e. The Morgan fingerprint density at radius 3 is 3.00 bits per heavy atom. The molecule has 94 valence electrons. The molecule has 2 rings (SSSR count). The van der Waals surface area contributed by atoms with Crippen molar-refractivity contribution in [3.05, 3.63) is 36.3 Å². The molecule has 1 amide bonds. The van der Waals surface area contributed by atoms with E-state index in [1.54, 1.807) is 10.6 Å². The van der Waals surface area contributed by atoms with Crippen molar-refractivity contribution >= 4 is 17.5 Å². The lowest BCUT2D eigenvalue weighted by Crippen LogP contribution is -2.26. The molecule has 0 saturated carbocycles. The number of imidazole rings is 1. The van der Waals surface area contributed by atoms with Crippen molar-refractivity contribution in [3.63, 3.8) is 0 Å². The second-order valence-electron chi connectivity index (χ2n) is 3.67. The van der Waals surface area contributed by atoms with E-state index in [4.69, 9.17) is 0 Å². The Balaban J connectivity index is 1.98. The van der Waals surface area contributed by atoms with Crippen molar-refractivity contribution in [3.8, 4) is 0 Å². The molecule has 6 heteroatoms. The third-order valence-corrected chi connectivity index (χ3v) is 2.44. The number of hydrogen-bond donors (Lipinski definition) is 1. The molecule has 0 aliphatic rings. The molecule has 2 aromatic heterocycles. The van der Waals surface area contributed by atoms with Gasteiger partial charge in [0.05, 0.1) is 13.5 Å². The van der Waals surface area contributed by atoms with Crippen LogP contribution in [0.3, 0.4) is 0 Å². The van der Waals surface area contributed by atoms with E-state index in [0.29, 0.717) is 11.3 Å². The molecule has 2 aromatic rings. The summed E-state index contributed by atoms with van der Waals surface area (Å²) in [5.41, 5.74) is 1.03. The van der Waals surface area contributed by atoms with Gasteiger partial charge >= 0.3 is 5.97 Å². The second kappa shape index (κ2) is 5.31. The summed E-state index contributed by atoms with van der Waals surface area (Å²) in [6.07, 6.45) is 3.60. The Bertz CT molecular complexity index is 544. The zero-order chi connectivity index (χ0) is 13.0. The molecular weight excluding hydrogens is 234 g/mol. The highest BCUT2D eigenvalue weighted by Crippen LogP contribution is 2.04. The van der Waals surface area contributed by atoms with Crippen LogP contribution in [0, 0.1) is 0 Å². The lowest BCUT2D eigenvalue weighted by Gasteiger charge is -2.01. The molecule has 0 radical (unpaired) electrons. The Labute approximate surface area is 104 Å². The predicted molar refractivity (Wildman–Crippen MR) is 64.2 cm³/mol. The van der Waals surface area contributed by atoms with Crippen LogP contribution in [0.5, 0.6) is 0 Å². The molecule has 18 heavy (non-hydrogen) atoms. The number of fused-ring (bicyclic) bond motifs is 1. The van der Waals surface area contributed by atoms with Gasteiger partial charge in [0, 0.05) is 18.9 Å². The number of nitrogens with one attached hydrogen (secondary N) is 1. The Morgan fingerprint density at radius 1 is 1.44 bits per heavy atom. The third kappa shape index (κ3) is 2.65. The van der Waals surface area contributed by atoms with Crippen LogP contribution in [-0.4, -0.2) is 34.9 Å². The molecule has 0 aliphatic heterocycles. The number of carbonyl (C=O) groups excluding carboxylic acids is 2. The molecule has 0 atom stereocenters. The SMILES string of the molecule is COC(=O)CCNC(=O)c1cn2ccccc2n1. The summed E-state index contributed by atoms with van der Waals surface area (Å²) in [4.78, 5) is 26.8.